The van der Waals surface area contributed by atoms with E-state index >= 15 is 0 Å². The van der Waals surface area contributed by atoms with Crippen molar-refractivity contribution in [2.45, 2.75) is 39.5 Å². The maximum Gasteiger partial charge on any atom is 0.148 e. The first-order valence-corrected chi connectivity index (χ1v) is 6.26. The second-order valence-corrected chi connectivity index (χ2v) is 4.75. The maximum atomic E-state index is 5.42. The van der Waals surface area contributed by atoms with Crippen LogP contribution < -0.4 is 16.6 Å². The molecule has 0 spiro atoms. The van der Waals surface area contributed by atoms with Crippen molar-refractivity contribution in [3.8, 4) is 0 Å². The van der Waals surface area contributed by atoms with E-state index in [-0.39, 0.29) is 0 Å². The van der Waals surface area contributed by atoms with Gasteiger partial charge in [-0.25, -0.2) is 15.8 Å². The summed E-state index contributed by atoms with van der Waals surface area (Å²) in [7, 11) is 0. The molecule has 4 N–H and O–H groups in total. The predicted molar refractivity (Wildman–Crippen MR) is 69.8 cm³/mol. The number of nitrogens with one attached hydrogen (secondary N) is 2. The molecule has 1 aromatic rings. The molecule has 5 nitrogen and oxygen atoms in total. The van der Waals surface area contributed by atoms with Crippen LogP contribution in [0.5, 0.6) is 0 Å². The lowest BCUT2D eigenvalue weighted by molar-refractivity contribution is 0.686. The quantitative estimate of drug-likeness (QED) is 0.399. The zero-order valence-electron chi connectivity index (χ0n) is 10.6. The Bertz CT molecular complexity index is 387. The van der Waals surface area contributed by atoms with Crippen LogP contribution in [0.25, 0.3) is 0 Å². The summed E-state index contributed by atoms with van der Waals surface area (Å²) in [5, 5.41) is 3.36. The van der Waals surface area contributed by atoms with Gasteiger partial charge in [0, 0.05) is 12.1 Å². The van der Waals surface area contributed by atoms with Crippen molar-refractivity contribution in [3.05, 3.63) is 11.4 Å². The summed E-state index contributed by atoms with van der Waals surface area (Å²) in [5.74, 6) is 8.73. The Kier molecular flexibility index (Phi) is 3.78. The Balaban J connectivity index is 1.91. The zero-order valence-corrected chi connectivity index (χ0v) is 10.6. The molecule has 0 atom stereocenters. The summed E-state index contributed by atoms with van der Waals surface area (Å²) in [6.07, 6.45) is 5.39. The lowest BCUT2D eigenvalue weighted by Crippen LogP contribution is -2.14. The molecule has 1 fully saturated rings. The summed E-state index contributed by atoms with van der Waals surface area (Å²) in [5.41, 5.74) is 3.58. The first-order chi connectivity index (χ1) is 8.20. The third kappa shape index (κ3) is 3.30. The Morgan fingerprint density at radius 2 is 1.94 bits per heavy atom. The van der Waals surface area contributed by atoms with E-state index in [1.807, 2.05) is 13.8 Å². The third-order valence-corrected chi connectivity index (χ3v) is 3.17. The van der Waals surface area contributed by atoms with Gasteiger partial charge in [-0.15, -0.1) is 0 Å². The molecule has 0 saturated heterocycles. The summed E-state index contributed by atoms with van der Waals surface area (Å²) in [4.78, 5) is 8.63. The molecule has 0 amide bonds. The summed E-state index contributed by atoms with van der Waals surface area (Å²) in [6.45, 7) is 4.81. The molecule has 0 bridgehead atoms. The minimum Gasteiger partial charge on any atom is -0.370 e. The van der Waals surface area contributed by atoms with Crippen molar-refractivity contribution in [1.29, 1.82) is 0 Å². The standard InChI is InChI=1S/C12H21N5/c1-8-11(14-7-3-4-10-5-6-10)15-9(2)16-12(8)17-13/h10H,3-7,13H2,1-2H3,(H2,14,15,16,17). The van der Waals surface area contributed by atoms with Gasteiger partial charge in [0.2, 0.25) is 0 Å². The van der Waals surface area contributed by atoms with E-state index in [2.05, 4.69) is 20.7 Å². The van der Waals surface area contributed by atoms with Gasteiger partial charge < -0.3 is 10.7 Å². The van der Waals surface area contributed by atoms with Gasteiger partial charge in [0.25, 0.3) is 0 Å². The number of aromatic nitrogens is 2. The zero-order chi connectivity index (χ0) is 12.3. The predicted octanol–water partition coefficient (Wildman–Crippen LogP) is 1.98. The molecular formula is C12H21N5. The molecule has 0 radical (unpaired) electrons. The highest BCUT2D eigenvalue weighted by Gasteiger charge is 2.20. The number of nitrogens with zero attached hydrogens (tertiary/aromatic N) is 2. The first-order valence-electron chi connectivity index (χ1n) is 6.26. The van der Waals surface area contributed by atoms with Crippen molar-refractivity contribution in [2.24, 2.45) is 11.8 Å². The molecular weight excluding hydrogens is 214 g/mol. The fourth-order valence-electron chi connectivity index (χ4n) is 1.95. The average Bonchev–Trinajstić information content (AvgIpc) is 3.12. The van der Waals surface area contributed by atoms with Crippen LogP contribution in [0.2, 0.25) is 0 Å². The Labute approximate surface area is 102 Å². The van der Waals surface area contributed by atoms with Gasteiger partial charge in [0.1, 0.15) is 17.5 Å². The van der Waals surface area contributed by atoms with Crippen LogP contribution in [0.1, 0.15) is 37.1 Å². The molecule has 1 aromatic heterocycles. The van der Waals surface area contributed by atoms with Crippen molar-refractivity contribution >= 4 is 11.6 Å². The molecule has 17 heavy (non-hydrogen) atoms. The van der Waals surface area contributed by atoms with Crippen molar-refractivity contribution in [1.82, 2.24) is 9.97 Å². The van der Waals surface area contributed by atoms with Gasteiger partial charge in [-0.1, -0.05) is 12.8 Å². The second-order valence-electron chi connectivity index (χ2n) is 4.75. The minimum absolute atomic E-state index is 0.696. The summed E-state index contributed by atoms with van der Waals surface area (Å²) >= 11 is 0. The number of rotatable bonds is 6. The number of aryl methyl sites for hydroxylation is 1. The first kappa shape index (κ1) is 12.1. The Morgan fingerprint density at radius 3 is 2.59 bits per heavy atom. The van der Waals surface area contributed by atoms with Gasteiger partial charge in [0.15, 0.2) is 0 Å². The van der Waals surface area contributed by atoms with Crippen LogP contribution in [0.15, 0.2) is 0 Å². The number of nitrogen functional groups attached to an aromatic ring is 1. The molecule has 1 saturated carbocycles. The fraction of sp³-hybridized carbons (Fsp3) is 0.667. The molecule has 1 heterocycles. The van der Waals surface area contributed by atoms with Crippen molar-refractivity contribution < 1.29 is 0 Å². The number of hydrogen-bond donors (Lipinski definition) is 3. The van der Waals surface area contributed by atoms with Crippen molar-refractivity contribution in [3.63, 3.8) is 0 Å². The lowest BCUT2D eigenvalue weighted by Gasteiger charge is -2.12. The van der Waals surface area contributed by atoms with Crippen LogP contribution in [-0.2, 0) is 0 Å². The maximum absolute atomic E-state index is 5.42. The highest BCUT2D eigenvalue weighted by Crippen LogP contribution is 2.33. The summed E-state index contributed by atoms with van der Waals surface area (Å²) < 4.78 is 0. The van der Waals surface area contributed by atoms with E-state index in [0.717, 1.165) is 29.7 Å². The minimum atomic E-state index is 0.696. The van der Waals surface area contributed by atoms with Crippen LogP contribution in [0.4, 0.5) is 11.6 Å². The van der Waals surface area contributed by atoms with E-state index in [4.69, 9.17) is 5.84 Å². The SMILES string of the molecule is Cc1nc(NN)c(C)c(NCCCC2CC2)n1. The molecule has 0 aliphatic heterocycles. The van der Waals surface area contributed by atoms with E-state index in [0.29, 0.717) is 5.82 Å². The topological polar surface area (TPSA) is 75.9 Å². The molecule has 1 aliphatic rings. The lowest BCUT2D eigenvalue weighted by atomic mass is 10.2. The molecule has 2 rings (SSSR count). The smallest absolute Gasteiger partial charge is 0.148 e. The fourth-order valence-corrected chi connectivity index (χ4v) is 1.95. The van der Waals surface area contributed by atoms with Gasteiger partial charge in [-0.05, 0) is 32.6 Å². The van der Waals surface area contributed by atoms with Gasteiger partial charge in [0.05, 0.1) is 0 Å². The van der Waals surface area contributed by atoms with E-state index in [9.17, 15) is 0 Å². The van der Waals surface area contributed by atoms with Crippen LogP contribution >= 0.6 is 0 Å². The molecule has 1 aliphatic carbocycles. The molecule has 0 aromatic carbocycles. The molecule has 94 valence electrons. The average molecular weight is 235 g/mol. The van der Waals surface area contributed by atoms with Gasteiger partial charge >= 0.3 is 0 Å². The number of hydrazine groups is 1. The van der Waals surface area contributed by atoms with Crippen LogP contribution in [0.3, 0.4) is 0 Å². The van der Waals surface area contributed by atoms with Crippen molar-refractivity contribution in [2.75, 3.05) is 17.3 Å². The van der Waals surface area contributed by atoms with Gasteiger partial charge in [-0.2, -0.15) is 0 Å². The molecule has 5 heteroatoms. The summed E-state index contributed by atoms with van der Waals surface area (Å²) in [6, 6.07) is 0. The number of nitrogens with two attached hydrogens (primary N) is 1. The van der Waals surface area contributed by atoms with Gasteiger partial charge in [-0.3, -0.25) is 0 Å². The number of hydrogen-bond acceptors (Lipinski definition) is 5. The third-order valence-electron chi connectivity index (χ3n) is 3.17. The monoisotopic (exact) mass is 235 g/mol. The van der Waals surface area contributed by atoms with Crippen LogP contribution in [-0.4, -0.2) is 16.5 Å². The second kappa shape index (κ2) is 5.31. The highest BCUT2D eigenvalue weighted by molar-refractivity contribution is 5.56. The number of anilines is 2. The highest BCUT2D eigenvalue weighted by atomic mass is 15.3. The normalized spacial score (nSPS) is 14.8. The molecule has 0 unspecified atom stereocenters. The van der Waals surface area contributed by atoms with Crippen LogP contribution in [0, 0.1) is 19.8 Å². The Hall–Kier alpha value is -1.36. The van der Waals surface area contributed by atoms with E-state index in [1.54, 1.807) is 0 Å². The Morgan fingerprint density at radius 1 is 1.24 bits per heavy atom. The van der Waals surface area contributed by atoms with E-state index in [1.165, 1.54) is 25.7 Å². The largest absolute Gasteiger partial charge is 0.370 e. The van der Waals surface area contributed by atoms with E-state index < -0.39 is 0 Å².